The number of benzene rings is 1. The van der Waals surface area contributed by atoms with Crippen molar-refractivity contribution in [3.05, 3.63) is 30.3 Å². The fraction of sp³-hybridized carbons (Fsp3) is 0.562. The van der Waals surface area contributed by atoms with Crippen LogP contribution in [0.3, 0.4) is 0 Å². The number of carbonyl (C=O) groups excluding carboxylic acids is 1. The molecule has 104 valence electrons. The minimum absolute atomic E-state index is 0.216. The maximum Gasteiger partial charge on any atom is 0.415 e. The summed E-state index contributed by atoms with van der Waals surface area (Å²) in [6.07, 6.45) is 4.36. The molecule has 0 aromatic heterocycles. The highest BCUT2D eigenvalue weighted by Crippen LogP contribution is 2.37. The predicted octanol–water partition coefficient (Wildman–Crippen LogP) is 4.09. The van der Waals surface area contributed by atoms with Crippen LogP contribution in [0.1, 0.15) is 39.5 Å². The monoisotopic (exact) mass is 261 g/mol. The van der Waals surface area contributed by atoms with E-state index in [-0.39, 0.29) is 6.09 Å². The summed E-state index contributed by atoms with van der Waals surface area (Å²) in [6.45, 7) is 6.13. The average Bonchev–Trinajstić information content (AvgIpc) is 2.48. The van der Waals surface area contributed by atoms with Crippen molar-refractivity contribution in [1.82, 2.24) is 4.90 Å². The summed E-state index contributed by atoms with van der Waals surface area (Å²) in [5.74, 6) is 0.621. The van der Waals surface area contributed by atoms with E-state index in [1.54, 1.807) is 0 Å². The van der Waals surface area contributed by atoms with Gasteiger partial charge < -0.3 is 9.64 Å². The molecule has 0 atom stereocenters. The predicted molar refractivity (Wildman–Crippen MR) is 76.3 cm³/mol. The highest BCUT2D eigenvalue weighted by atomic mass is 16.6. The molecule has 0 radical (unpaired) electrons. The van der Waals surface area contributed by atoms with Crippen LogP contribution in [0.15, 0.2) is 30.3 Å². The van der Waals surface area contributed by atoms with Gasteiger partial charge in [0.2, 0.25) is 0 Å². The van der Waals surface area contributed by atoms with Gasteiger partial charge in [0, 0.05) is 13.1 Å². The second-order valence-electron chi connectivity index (χ2n) is 5.38. The molecule has 0 spiro atoms. The van der Waals surface area contributed by atoms with Crippen molar-refractivity contribution in [1.29, 1.82) is 0 Å². The average molecular weight is 261 g/mol. The Morgan fingerprint density at radius 3 is 2.26 bits per heavy atom. The van der Waals surface area contributed by atoms with E-state index >= 15 is 0 Å². The number of carbonyl (C=O) groups is 1. The number of rotatable bonds is 3. The Labute approximate surface area is 115 Å². The molecule has 1 amide bonds. The van der Waals surface area contributed by atoms with Gasteiger partial charge in [-0.3, -0.25) is 0 Å². The summed E-state index contributed by atoms with van der Waals surface area (Å²) in [5, 5.41) is 0. The molecule has 3 heteroatoms. The highest BCUT2D eigenvalue weighted by molar-refractivity contribution is 5.70. The molecule has 1 aliphatic heterocycles. The summed E-state index contributed by atoms with van der Waals surface area (Å²) in [4.78, 5) is 13.9. The molecule has 0 N–H and O–H groups in total. The van der Waals surface area contributed by atoms with Crippen LogP contribution in [0.2, 0.25) is 0 Å². The molecule has 1 saturated heterocycles. The molecule has 0 saturated carbocycles. The first-order chi connectivity index (χ1) is 9.19. The van der Waals surface area contributed by atoms with E-state index in [0.717, 1.165) is 25.9 Å². The molecule has 1 fully saturated rings. The van der Waals surface area contributed by atoms with Gasteiger partial charge in [-0.05, 0) is 30.4 Å². The first-order valence-electron chi connectivity index (χ1n) is 7.21. The van der Waals surface area contributed by atoms with Crippen LogP contribution in [0.4, 0.5) is 4.79 Å². The zero-order valence-corrected chi connectivity index (χ0v) is 11.9. The van der Waals surface area contributed by atoms with Crippen molar-refractivity contribution in [2.75, 3.05) is 13.1 Å². The zero-order chi connectivity index (χ0) is 13.7. The summed E-state index contributed by atoms with van der Waals surface area (Å²) < 4.78 is 5.38. The normalized spacial score (nSPS) is 18.1. The second kappa shape index (κ2) is 6.09. The first kappa shape index (κ1) is 13.9. The van der Waals surface area contributed by atoms with Crippen molar-refractivity contribution in [2.45, 2.75) is 39.5 Å². The standard InChI is InChI=1S/C16H23NO2/c1-3-16(4-2)10-12-17(13-11-16)15(18)19-14-8-6-5-7-9-14/h5-9H,3-4,10-13H2,1-2H3. The number of ether oxygens (including phenoxy) is 1. The Hall–Kier alpha value is -1.51. The third-order valence-electron chi connectivity index (χ3n) is 4.53. The van der Waals surface area contributed by atoms with Crippen molar-refractivity contribution < 1.29 is 9.53 Å². The fourth-order valence-electron chi connectivity index (χ4n) is 2.77. The van der Waals surface area contributed by atoms with Crippen LogP contribution >= 0.6 is 0 Å². The zero-order valence-electron chi connectivity index (χ0n) is 11.9. The van der Waals surface area contributed by atoms with Gasteiger partial charge in [0.1, 0.15) is 5.75 Å². The third kappa shape index (κ3) is 3.28. The van der Waals surface area contributed by atoms with Gasteiger partial charge in [0.15, 0.2) is 0 Å². The van der Waals surface area contributed by atoms with Gasteiger partial charge in [-0.25, -0.2) is 4.79 Å². The van der Waals surface area contributed by atoms with E-state index in [2.05, 4.69) is 13.8 Å². The molecule has 0 aliphatic carbocycles. The lowest BCUT2D eigenvalue weighted by Gasteiger charge is -2.40. The molecule has 0 bridgehead atoms. The van der Waals surface area contributed by atoms with Crippen LogP contribution < -0.4 is 4.74 Å². The quantitative estimate of drug-likeness (QED) is 0.820. The van der Waals surface area contributed by atoms with Gasteiger partial charge >= 0.3 is 6.09 Å². The van der Waals surface area contributed by atoms with Crippen molar-refractivity contribution >= 4 is 6.09 Å². The molecular weight excluding hydrogens is 238 g/mol. The number of hydrogen-bond acceptors (Lipinski definition) is 2. The maximum atomic E-state index is 12.1. The van der Waals surface area contributed by atoms with E-state index in [1.807, 2.05) is 35.2 Å². The molecule has 19 heavy (non-hydrogen) atoms. The van der Waals surface area contributed by atoms with Crippen molar-refractivity contribution in [3.8, 4) is 5.75 Å². The number of para-hydroxylation sites is 1. The van der Waals surface area contributed by atoms with Crippen LogP contribution in [-0.2, 0) is 0 Å². The van der Waals surface area contributed by atoms with Crippen molar-refractivity contribution in [3.63, 3.8) is 0 Å². The number of piperidine rings is 1. The highest BCUT2D eigenvalue weighted by Gasteiger charge is 2.33. The third-order valence-corrected chi connectivity index (χ3v) is 4.53. The maximum absolute atomic E-state index is 12.1. The van der Waals surface area contributed by atoms with Crippen LogP contribution in [0.25, 0.3) is 0 Å². The summed E-state index contributed by atoms with van der Waals surface area (Å²) in [5.41, 5.74) is 0.434. The number of likely N-dealkylation sites (tertiary alicyclic amines) is 1. The second-order valence-corrected chi connectivity index (χ2v) is 5.38. The lowest BCUT2D eigenvalue weighted by atomic mass is 9.74. The van der Waals surface area contributed by atoms with E-state index < -0.39 is 0 Å². The molecule has 1 aromatic carbocycles. The van der Waals surface area contributed by atoms with Gasteiger partial charge in [-0.1, -0.05) is 44.9 Å². The van der Waals surface area contributed by atoms with E-state index in [9.17, 15) is 4.79 Å². The molecule has 1 aromatic rings. The minimum atomic E-state index is -0.216. The van der Waals surface area contributed by atoms with Crippen molar-refractivity contribution in [2.24, 2.45) is 5.41 Å². The SMILES string of the molecule is CCC1(CC)CCN(C(=O)Oc2ccccc2)CC1. The molecule has 1 heterocycles. The largest absolute Gasteiger partial charge is 0.415 e. The Kier molecular flexibility index (Phi) is 4.46. The van der Waals surface area contributed by atoms with Crippen LogP contribution in [0.5, 0.6) is 5.75 Å². The Morgan fingerprint density at radius 2 is 1.74 bits per heavy atom. The van der Waals surface area contributed by atoms with Crippen LogP contribution in [0, 0.1) is 5.41 Å². The number of hydrogen-bond donors (Lipinski definition) is 0. The summed E-state index contributed by atoms with van der Waals surface area (Å²) in [7, 11) is 0. The number of nitrogens with zero attached hydrogens (tertiary/aromatic N) is 1. The topological polar surface area (TPSA) is 29.5 Å². The Balaban J connectivity index is 1.89. The van der Waals surface area contributed by atoms with Gasteiger partial charge in [0.05, 0.1) is 0 Å². The summed E-state index contributed by atoms with van der Waals surface area (Å²) in [6, 6.07) is 9.28. The number of amides is 1. The fourth-order valence-corrected chi connectivity index (χ4v) is 2.77. The lowest BCUT2D eigenvalue weighted by molar-refractivity contribution is 0.0881. The van der Waals surface area contributed by atoms with Gasteiger partial charge in [-0.15, -0.1) is 0 Å². The smallest absolute Gasteiger partial charge is 0.410 e. The molecule has 0 unspecified atom stereocenters. The summed E-state index contributed by atoms with van der Waals surface area (Å²) >= 11 is 0. The van der Waals surface area contributed by atoms with Crippen LogP contribution in [-0.4, -0.2) is 24.1 Å². The van der Waals surface area contributed by atoms with E-state index in [0.29, 0.717) is 11.2 Å². The molecular formula is C16H23NO2. The van der Waals surface area contributed by atoms with E-state index in [4.69, 9.17) is 4.74 Å². The minimum Gasteiger partial charge on any atom is -0.410 e. The Morgan fingerprint density at radius 1 is 1.16 bits per heavy atom. The molecule has 1 aliphatic rings. The first-order valence-corrected chi connectivity index (χ1v) is 7.21. The van der Waals surface area contributed by atoms with Gasteiger partial charge in [0.25, 0.3) is 0 Å². The van der Waals surface area contributed by atoms with Gasteiger partial charge in [-0.2, -0.15) is 0 Å². The molecule has 2 rings (SSSR count). The molecule has 3 nitrogen and oxygen atoms in total. The lowest BCUT2D eigenvalue weighted by Crippen LogP contribution is -2.44. The Bertz CT molecular complexity index is 402. The van der Waals surface area contributed by atoms with E-state index in [1.165, 1.54) is 12.8 Å².